The van der Waals surface area contributed by atoms with Crippen LogP contribution in [-0.2, 0) is 0 Å². The normalized spacial score (nSPS) is 13.7. The van der Waals surface area contributed by atoms with Gasteiger partial charge in [0, 0.05) is 29.3 Å². The van der Waals surface area contributed by atoms with Crippen LogP contribution in [0.3, 0.4) is 0 Å². The SMILES string of the molecule is Fc1ccc(-c2cc(-c3ccc(C4=NCCN4)cc3)on2)cc1. The van der Waals surface area contributed by atoms with Crippen LogP contribution in [0, 0.1) is 5.82 Å². The van der Waals surface area contributed by atoms with Crippen molar-refractivity contribution in [2.75, 3.05) is 13.1 Å². The van der Waals surface area contributed by atoms with Crippen LogP contribution >= 0.6 is 0 Å². The lowest BCUT2D eigenvalue weighted by Gasteiger charge is -2.02. The molecule has 4 rings (SSSR count). The zero-order chi connectivity index (χ0) is 15.6. The first kappa shape index (κ1) is 13.7. The van der Waals surface area contributed by atoms with Gasteiger partial charge in [-0.1, -0.05) is 29.4 Å². The van der Waals surface area contributed by atoms with E-state index < -0.39 is 0 Å². The van der Waals surface area contributed by atoms with Crippen LogP contribution in [0.1, 0.15) is 5.56 Å². The molecule has 0 atom stereocenters. The molecule has 5 heteroatoms. The molecule has 0 aliphatic carbocycles. The Morgan fingerprint density at radius 2 is 1.61 bits per heavy atom. The summed E-state index contributed by atoms with van der Waals surface area (Å²) in [6.07, 6.45) is 0. The van der Waals surface area contributed by atoms with Gasteiger partial charge in [-0.05, 0) is 24.3 Å². The van der Waals surface area contributed by atoms with Gasteiger partial charge in [0.2, 0.25) is 0 Å². The highest BCUT2D eigenvalue weighted by Crippen LogP contribution is 2.26. The van der Waals surface area contributed by atoms with Crippen molar-refractivity contribution in [2.45, 2.75) is 0 Å². The zero-order valence-corrected chi connectivity index (χ0v) is 12.3. The lowest BCUT2D eigenvalue weighted by molar-refractivity contribution is 0.435. The second-order valence-electron chi connectivity index (χ2n) is 5.32. The van der Waals surface area contributed by atoms with Crippen LogP contribution in [-0.4, -0.2) is 24.1 Å². The number of rotatable bonds is 3. The monoisotopic (exact) mass is 307 g/mol. The van der Waals surface area contributed by atoms with Gasteiger partial charge in [-0.15, -0.1) is 0 Å². The smallest absolute Gasteiger partial charge is 0.167 e. The maximum Gasteiger partial charge on any atom is 0.167 e. The minimum absolute atomic E-state index is 0.267. The molecule has 1 N–H and O–H groups in total. The second-order valence-corrected chi connectivity index (χ2v) is 5.32. The van der Waals surface area contributed by atoms with E-state index in [0.29, 0.717) is 11.5 Å². The fourth-order valence-electron chi connectivity index (χ4n) is 2.55. The van der Waals surface area contributed by atoms with Gasteiger partial charge in [-0.2, -0.15) is 0 Å². The molecule has 4 nitrogen and oxygen atoms in total. The number of nitrogens with zero attached hydrogens (tertiary/aromatic N) is 2. The average Bonchev–Trinajstić information content (AvgIpc) is 3.28. The lowest BCUT2D eigenvalue weighted by atomic mass is 10.1. The number of hydrogen-bond donors (Lipinski definition) is 1. The van der Waals surface area contributed by atoms with Crippen molar-refractivity contribution in [2.24, 2.45) is 4.99 Å². The van der Waals surface area contributed by atoms with E-state index in [1.54, 1.807) is 12.1 Å². The highest BCUT2D eigenvalue weighted by atomic mass is 19.1. The van der Waals surface area contributed by atoms with E-state index in [-0.39, 0.29) is 5.82 Å². The van der Waals surface area contributed by atoms with Crippen molar-refractivity contribution in [3.8, 4) is 22.6 Å². The number of amidine groups is 1. The molecule has 1 aliphatic rings. The summed E-state index contributed by atoms with van der Waals surface area (Å²) in [5, 5.41) is 7.30. The maximum atomic E-state index is 13.0. The molecule has 23 heavy (non-hydrogen) atoms. The van der Waals surface area contributed by atoms with Crippen molar-refractivity contribution in [1.29, 1.82) is 0 Å². The number of nitrogens with one attached hydrogen (secondary N) is 1. The first-order valence-electron chi connectivity index (χ1n) is 7.41. The summed E-state index contributed by atoms with van der Waals surface area (Å²) in [6, 6.07) is 16.0. The number of benzene rings is 2. The number of aromatic nitrogens is 1. The molecule has 1 aromatic heterocycles. The Bertz CT molecular complexity index is 851. The first-order chi connectivity index (χ1) is 11.3. The highest BCUT2D eigenvalue weighted by Gasteiger charge is 2.11. The topological polar surface area (TPSA) is 50.4 Å². The average molecular weight is 307 g/mol. The molecule has 0 spiro atoms. The highest BCUT2D eigenvalue weighted by molar-refractivity contribution is 6.00. The van der Waals surface area contributed by atoms with E-state index in [0.717, 1.165) is 35.6 Å². The maximum absolute atomic E-state index is 13.0. The summed E-state index contributed by atoms with van der Waals surface area (Å²) in [7, 11) is 0. The van der Waals surface area contributed by atoms with Crippen LogP contribution in [0.5, 0.6) is 0 Å². The van der Waals surface area contributed by atoms with Gasteiger partial charge < -0.3 is 9.84 Å². The zero-order valence-electron chi connectivity index (χ0n) is 12.3. The van der Waals surface area contributed by atoms with Crippen molar-refractivity contribution in [3.63, 3.8) is 0 Å². The molecule has 0 saturated carbocycles. The minimum Gasteiger partial charge on any atom is -0.368 e. The summed E-state index contributed by atoms with van der Waals surface area (Å²) >= 11 is 0. The molecule has 0 amide bonds. The molecule has 0 fully saturated rings. The van der Waals surface area contributed by atoms with E-state index >= 15 is 0 Å². The van der Waals surface area contributed by atoms with Crippen molar-refractivity contribution >= 4 is 5.84 Å². The van der Waals surface area contributed by atoms with E-state index in [2.05, 4.69) is 15.5 Å². The molecule has 2 heterocycles. The Hall–Kier alpha value is -2.95. The van der Waals surface area contributed by atoms with Crippen LogP contribution in [0.25, 0.3) is 22.6 Å². The summed E-state index contributed by atoms with van der Waals surface area (Å²) < 4.78 is 18.4. The molecule has 3 aromatic rings. The van der Waals surface area contributed by atoms with Crippen LogP contribution in [0.15, 0.2) is 64.1 Å². The van der Waals surface area contributed by atoms with Gasteiger partial charge in [0.05, 0.1) is 6.54 Å². The third-order valence-electron chi connectivity index (χ3n) is 3.77. The van der Waals surface area contributed by atoms with Gasteiger partial charge in [0.25, 0.3) is 0 Å². The van der Waals surface area contributed by atoms with Crippen molar-refractivity contribution < 1.29 is 8.91 Å². The Morgan fingerprint density at radius 1 is 0.913 bits per heavy atom. The van der Waals surface area contributed by atoms with E-state index in [1.165, 1.54) is 12.1 Å². The largest absolute Gasteiger partial charge is 0.368 e. The minimum atomic E-state index is -0.267. The Morgan fingerprint density at radius 3 is 2.30 bits per heavy atom. The van der Waals surface area contributed by atoms with Gasteiger partial charge in [0.1, 0.15) is 17.3 Å². The Labute approximate surface area is 132 Å². The van der Waals surface area contributed by atoms with Crippen LogP contribution < -0.4 is 5.32 Å². The fraction of sp³-hybridized carbons (Fsp3) is 0.111. The molecular formula is C18H14FN3O. The van der Waals surface area contributed by atoms with Gasteiger partial charge in [-0.25, -0.2) is 4.39 Å². The van der Waals surface area contributed by atoms with Crippen molar-refractivity contribution in [3.05, 3.63) is 66.0 Å². The third-order valence-corrected chi connectivity index (χ3v) is 3.77. The summed E-state index contributed by atoms with van der Waals surface area (Å²) in [6.45, 7) is 1.71. The van der Waals surface area contributed by atoms with Crippen LogP contribution in [0.2, 0.25) is 0 Å². The number of halogens is 1. The first-order valence-corrected chi connectivity index (χ1v) is 7.41. The van der Waals surface area contributed by atoms with E-state index in [1.807, 2.05) is 30.3 Å². The standard InChI is InChI=1S/C18H14FN3O/c19-15-7-5-12(6-8-15)16-11-17(23-22-16)13-1-3-14(4-2-13)18-20-9-10-21-18/h1-8,11H,9-10H2,(H,20,21). The molecule has 0 saturated heterocycles. The summed E-state index contributed by atoms with van der Waals surface area (Å²) in [4.78, 5) is 4.40. The Balaban J connectivity index is 1.60. The molecule has 1 aliphatic heterocycles. The molecule has 0 unspecified atom stereocenters. The molecule has 114 valence electrons. The van der Waals surface area contributed by atoms with Gasteiger partial charge >= 0.3 is 0 Å². The summed E-state index contributed by atoms with van der Waals surface area (Å²) in [5.41, 5.74) is 3.51. The molecule has 0 radical (unpaired) electrons. The van der Waals surface area contributed by atoms with E-state index in [9.17, 15) is 4.39 Å². The van der Waals surface area contributed by atoms with Gasteiger partial charge in [-0.3, -0.25) is 4.99 Å². The second kappa shape index (κ2) is 5.68. The summed E-state index contributed by atoms with van der Waals surface area (Å²) in [5.74, 6) is 1.34. The molecular weight excluding hydrogens is 293 g/mol. The third kappa shape index (κ3) is 2.73. The van der Waals surface area contributed by atoms with E-state index in [4.69, 9.17) is 4.52 Å². The van der Waals surface area contributed by atoms with Crippen LogP contribution in [0.4, 0.5) is 4.39 Å². The number of hydrogen-bond acceptors (Lipinski definition) is 4. The molecule has 0 bridgehead atoms. The quantitative estimate of drug-likeness (QED) is 0.805. The van der Waals surface area contributed by atoms with Gasteiger partial charge in [0.15, 0.2) is 5.76 Å². The Kier molecular flexibility index (Phi) is 3.38. The van der Waals surface area contributed by atoms with Crippen molar-refractivity contribution in [1.82, 2.24) is 10.5 Å². The molecule has 2 aromatic carbocycles. The fourth-order valence-corrected chi connectivity index (χ4v) is 2.55. The predicted octanol–water partition coefficient (Wildman–Crippen LogP) is 3.50. The predicted molar refractivity (Wildman–Crippen MR) is 86.7 cm³/mol. The number of aliphatic imine (C=N–C) groups is 1. The lowest BCUT2D eigenvalue weighted by Crippen LogP contribution is -2.19.